The third kappa shape index (κ3) is 2.57. The highest BCUT2D eigenvalue weighted by Crippen LogP contribution is 2.67. The van der Waals surface area contributed by atoms with Gasteiger partial charge in [-0.05, 0) is 86.2 Å². The summed E-state index contributed by atoms with van der Waals surface area (Å²) in [5.41, 5.74) is 0.431. The summed E-state index contributed by atoms with van der Waals surface area (Å²) in [5.74, 6) is 0.612. The molecule has 0 radical (unpaired) electrons. The van der Waals surface area contributed by atoms with Gasteiger partial charge in [0.2, 0.25) is 0 Å². The van der Waals surface area contributed by atoms with Crippen LogP contribution in [0, 0.1) is 5.41 Å². The van der Waals surface area contributed by atoms with Gasteiger partial charge in [-0.3, -0.25) is 4.90 Å². The Balaban J connectivity index is 1.61. The average molecular weight is 293 g/mol. The molecule has 1 unspecified atom stereocenters. The van der Waals surface area contributed by atoms with E-state index in [2.05, 4.69) is 53.4 Å². The van der Waals surface area contributed by atoms with Gasteiger partial charge in [-0.2, -0.15) is 0 Å². The van der Waals surface area contributed by atoms with E-state index in [1.807, 2.05) is 0 Å². The Morgan fingerprint density at radius 1 is 0.952 bits per heavy atom. The van der Waals surface area contributed by atoms with Crippen molar-refractivity contribution in [1.29, 1.82) is 0 Å². The fraction of sp³-hybridized carbons (Fsp3) is 1.00. The van der Waals surface area contributed by atoms with Crippen LogP contribution in [0.2, 0.25) is 5.82 Å². The maximum absolute atomic E-state index is 6.27. The van der Waals surface area contributed by atoms with Gasteiger partial charge in [-0.15, -0.1) is 0 Å². The molecule has 120 valence electrons. The van der Waals surface area contributed by atoms with Crippen LogP contribution >= 0.6 is 0 Å². The van der Waals surface area contributed by atoms with Gasteiger partial charge >= 0.3 is 7.12 Å². The molecule has 21 heavy (non-hydrogen) atoms. The first kappa shape index (κ1) is 15.8. The Morgan fingerprint density at radius 3 is 1.86 bits per heavy atom. The zero-order valence-electron chi connectivity index (χ0n) is 15.0. The Morgan fingerprint density at radius 2 is 1.43 bits per heavy atom. The summed E-state index contributed by atoms with van der Waals surface area (Å²) in [5, 5.41) is 0. The lowest BCUT2D eigenvalue weighted by atomic mass is 9.73. The van der Waals surface area contributed by atoms with E-state index in [-0.39, 0.29) is 18.3 Å². The van der Waals surface area contributed by atoms with Crippen molar-refractivity contribution in [2.75, 3.05) is 13.1 Å². The van der Waals surface area contributed by atoms with Crippen LogP contribution in [0.3, 0.4) is 0 Å². The summed E-state index contributed by atoms with van der Waals surface area (Å²) in [4.78, 5) is 2.62. The van der Waals surface area contributed by atoms with Crippen molar-refractivity contribution >= 4 is 7.12 Å². The summed E-state index contributed by atoms with van der Waals surface area (Å²) in [6.45, 7) is 18.0. The van der Waals surface area contributed by atoms with Gasteiger partial charge in [-0.25, -0.2) is 0 Å². The van der Waals surface area contributed by atoms with E-state index in [0.717, 1.165) is 0 Å². The normalized spacial score (nSPS) is 34.4. The van der Waals surface area contributed by atoms with E-state index in [1.165, 1.54) is 32.4 Å². The van der Waals surface area contributed by atoms with E-state index in [4.69, 9.17) is 9.31 Å². The Hall–Kier alpha value is -0.0551. The Kier molecular flexibility index (Phi) is 3.38. The third-order valence-corrected chi connectivity index (χ3v) is 6.56. The van der Waals surface area contributed by atoms with Gasteiger partial charge in [0.25, 0.3) is 0 Å². The Labute approximate surface area is 130 Å². The molecule has 0 bridgehead atoms. The van der Waals surface area contributed by atoms with E-state index in [1.54, 1.807) is 0 Å². The van der Waals surface area contributed by atoms with Crippen LogP contribution in [0.25, 0.3) is 0 Å². The van der Waals surface area contributed by atoms with Gasteiger partial charge < -0.3 is 9.31 Å². The van der Waals surface area contributed by atoms with Crippen LogP contribution < -0.4 is 0 Å². The van der Waals surface area contributed by atoms with Crippen LogP contribution in [0.5, 0.6) is 0 Å². The molecule has 2 heterocycles. The third-order valence-electron chi connectivity index (χ3n) is 6.56. The number of nitrogens with zero attached hydrogens (tertiary/aromatic N) is 1. The number of piperidine rings is 1. The maximum Gasteiger partial charge on any atom is 0.461 e. The van der Waals surface area contributed by atoms with Crippen molar-refractivity contribution < 1.29 is 9.31 Å². The van der Waals surface area contributed by atoms with Crippen molar-refractivity contribution in [3.63, 3.8) is 0 Å². The average Bonchev–Trinajstić information content (AvgIpc) is 2.94. The number of rotatable bonds is 1. The molecule has 2 aliphatic heterocycles. The fourth-order valence-electron chi connectivity index (χ4n) is 4.01. The second-order valence-corrected chi connectivity index (χ2v) is 9.46. The largest absolute Gasteiger partial charge is 0.461 e. The summed E-state index contributed by atoms with van der Waals surface area (Å²) in [6.07, 6.45) is 3.90. The minimum Gasteiger partial charge on any atom is -0.403 e. The van der Waals surface area contributed by atoms with Gasteiger partial charge in [0.15, 0.2) is 0 Å². The highest BCUT2D eigenvalue weighted by atomic mass is 16.7. The van der Waals surface area contributed by atoms with Gasteiger partial charge in [0, 0.05) is 11.4 Å². The van der Waals surface area contributed by atoms with Crippen LogP contribution in [0.4, 0.5) is 0 Å². The van der Waals surface area contributed by atoms with Crippen molar-refractivity contribution in [1.82, 2.24) is 4.90 Å². The number of hydrogen-bond donors (Lipinski definition) is 0. The summed E-state index contributed by atoms with van der Waals surface area (Å²) in [6, 6.07) is 0. The molecule has 3 fully saturated rings. The molecule has 0 aromatic carbocycles. The molecular formula is C17H32BNO2. The first-order valence-corrected chi connectivity index (χ1v) is 8.58. The molecule has 0 amide bonds. The quantitative estimate of drug-likeness (QED) is 0.688. The van der Waals surface area contributed by atoms with Gasteiger partial charge in [-0.1, -0.05) is 0 Å². The topological polar surface area (TPSA) is 21.7 Å². The molecule has 3 rings (SSSR count). The van der Waals surface area contributed by atoms with Gasteiger partial charge in [0.05, 0.1) is 11.2 Å². The lowest BCUT2D eigenvalue weighted by Gasteiger charge is -2.41. The van der Waals surface area contributed by atoms with Crippen molar-refractivity contribution in [3.8, 4) is 0 Å². The molecule has 3 aliphatic rings. The zero-order chi connectivity index (χ0) is 15.7. The minimum absolute atomic E-state index is 0.0104. The molecule has 1 atom stereocenters. The smallest absolute Gasteiger partial charge is 0.403 e. The van der Waals surface area contributed by atoms with E-state index >= 15 is 0 Å². The molecule has 2 saturated heterocycles. The second kappa shape index (κ2) is 4.49. The number of hydrogen-bond acceptors (Lipinski definition) is 3. The van der Waals surface area contributed by atoms with E-state index in [0.29, 0.717) is 16.8 Å². The highest BCUT2D eigenvalue weighted by Gasteiger charge is 2.66. The fourth-order valence-corrected chi connectivity index (χ4v) is 4.01. The molecule has 1 spiro atoms. The van der Waals surface area contributed by atoms with Crippen LogP contribution in [-0.2, 0) is 9.31 Å². The summed E-state index contributed by atoms with van der Waals surface area (Å²) >= 11 is 0. The second-order valence-electron chi connectivity index (χ2n) is 9.46. The summed E-state index contributed by atoms with van der Waals surface area (Å²) in [7, 11) is 0.0104. The lowest BCUT2D eigenvalue weighted by molar-refractivity contribution is 0.00578. The van der Waals surface area contributed by atoms with E-state index < -0.39 is 0 Å². The Bertz CT molecular complexity index is 403. The van der Waals surface area contributed by atoms with Crippen LogP contribution in [0.1, 0.15) is 67.7 Å². The van der Waals surface area contributed by atoms with Crippen molar-refractivity contribution in [2.24, 2.45) is 5.41 Å². The van der Waals surface area contributed by atoms with Crippen molar-refractivity contribution in [3.05, 3.63) is 0 Å². The van der Waals surface area contributed by atoms with Gasteiger partial charge in [0.1, 0.15) is 0 Å². The minimum atomic E-state index is -0.187. The molecule has 3 nitrogen and oxygen atoms in total. The predicted octanol–water partition coefficient (Wildman–Crippen LogP) is 3.73. The molecule has 0 aromatic heterocycles. The molecule has 1 aliphatic carbocycles. The first-order chi connectivity index (χ1) is 9.47. The standard InChI is InChI=1S/C17H32BNO2/c1-14(2,3)19-10-8-17(9-11-19)12-13(17)18-20-15(4,5)16(6,7)21-18/h13H,8-12H2,1-7H3. The SMILES string of the molecule is CC(C)(C)N1CCC2(CC1)CC2B1OC(C)(C)C(C)(C)O1. The van der Waals surface area contributed by atoms with Crippen LogP contribution in [0.15, 0.2) is 0 Å². The van der Waals surface area contributed by atoms with E-state index in [9.17, 15) is 0 Å². The maximum atomic E-state index is 6.27. The predicted molar refractivity (Wildman–Crippen MR) is 87.4 cm³/mol. The van der Waals surface area contributed by atoms with Crippen molar-refractivity contribution in [2.45, 2.75) is 90.3 Å². The molecule has 1 saturated carbocycles. The first-order valence-electron chi connectivity index (χ1n) is 8.58. The molecular weight excluding hydrogens is 261 g/mol. The highest BCUT2D eigenvalue weighted by molar-refractivity contribution is 6.49. The summed E-state index contributed by atoms with van der Waals surface area (Å²) < 4.78 is 12.5. The monoisotopic (exact) mass is 293 g/mol. The molecule has 4 heteroatoms. The molecule has 0 N–H and O–H groups in total. The lowest BCUT2D eigenvalue weighted by Crippen LogP contribution is -2.47. The van der Waals surface area contributed by atoms with Crippen LogP contribution in [-0.4, -0.2) is 41.8 Å². The number of likely N-dealkylation sites (tertiary alicyclic amines) is 1. The molecule has 0 aromatic rings. The zero-order valence-corrected chi connectivity index (χ0v) is 15.0.